The molecule has 3 aromatic rings. The van der Waals surface area contributed by atoms with Gasteiger partial charge in [0.25, 0.3) is 5.56 Å². The predicted molar refractivity (Wildman–Crippen MR) is 130 cm³/mol. The van der Waals surface area contributed by atoms with Gasteiger partial charge in [-0.15, -0.1) is 11.3 Å². The van der Waals surface area contributed by atoms with E-state index in [1.807, 2.05) is 0 Å². The second-order valence-electron chi connectivity index (χ2n) is 10.3. The number of hydrogen-bond acceptors (Lipinski definition) is 6. The van der Waals surface area contributed by atoms with Gasteiger partial charge in [0, 0.05) is 10.8 Å². The third kappa shape index (κ3) is 3.67. The van der Waals surface area contributed by atoms with Crippen LogP contribution in [-0.4, -0.2) is 28.3 Å². The van der Waals surface area contributed by atoms with Crippen molar-refractivity contribution in [2.75, 3.05) is 11.9 Å². The van der Waals surface area contributed by atoms with Crippen LogP contribution in [0.4, 0.5) is 9.39 Å². The van der Waals surface area contributed by atoms with Gasteiger partial charge in [0.2, 0.25) is 5.91 Å². The Hall–Kier alpha value is -3.07. The van der Waals surface area contributed by atoms with E-state index in [0.29, 0.717) is 28.1 Å². The quantitative estimate of drug-likeness (QED) is 0.508. The molecule has 0 radical (unpaired) electrons. The topological polar surface area (TPSA) is 90.3 Å². The number of ether oxygens (including phenoxy) is 1. The molecule has 4 bridgehead atoms. The maximum Gasteiger partial charge on any atom is 0.359 e. The Morgan fingerprint density at radius 2 is 1.89 bits per heavy atom. The maximum atomic E-state index is 13.9. The van der Waals surface area contributed by atoms with Gasteiger partial charge in [-0.1, -0.05) is 6.07 Å². The smallest absolute Gasteiger partial charge is 0.359 e. The lowest BCUT2D eigenvalue weighted by Gasteiger charge is -2.55. The molecule has 1 aromatic carbocycles. The fourth-order valence-electron chi connectivity index (χ4n) is 6.90. The Labute approximate surface area is 205 Å². The van der Waals surface area contributed by atoms with Gasteiger partial charge in [-0.25, -0.2) is 9.18 Å². The van der Waals surface area contributed by atoms with Gasteiger partial charge in [-0.2, -0.15) is 9.78 Å². The maximum absolute atomic E-state index is 13.9. The van der Waals surface area contributed by atoms with Crippen LogP contribution in [0.25, 0.3) is 16.5 Å². The van der Waals surface area contributed by atoms with Crippen molar-refractivity contribution in [1.29, 1.82) is 0 Å². The summed E-state index contributed by atoms with van der Waals surface area (Å²) in [6, 6.07) is 5.45. The van der Waals surface area contributed by atoms with E-state index >= 15 is 0 Å². The number of hydrogen-bond donors (Lipinski definition) is 1. The first kappa shape index (κ1) is 22.4. The Bertz CT molecular complexity index is 1380. The average molecular weight is 496 g/mol. The van der Waals surface area contributed by atoms with Gasteiger partial charge in [-0.05, 0) is 81.4 Å². The van der Waals surface area contributed by atoms with Crippen LogP contribution in [0.2, 0.25) is 0 Å². The van der Waals surface area contributed by atoms with E-state index in [4.69, 9.17) is 4.74 Å². The zero-order chi connectivity index (χ0) is 24.3. The highest BCUT2D eigenvalue weighted by atomic mass is 32.1. The molecule has 0 unspecified atom stereocenters. The highest BCUT2D eigenvalue weighted by Crippen LogP contribution is 2.60. The van der Waals surface area contributed by atoms with Gasteiger partial charge in [0.1, 0.15) is 10.8 Å². The number of anilines is 1. The van der Waals surface area contributed by atoms with Gasteiger partial charge in [0.15, 0.2) is 5.69 Å². The molecular formula is C26H26FN3O4S. The fraction of sp³-hybridized carbons (Fsp3) is 0.462. The van der Waals surface area contributed by atoms with E-state index < -0.39 is 17.3 Å². The molecule has 2 aromatic heterocycles. The lowest BCUT2D eigenvalue weighted by atomic mass is 9.49. The minimum atomic E-state index is -0.681. The Balaban J connectivity index is 1.44. The summed E-state index contributed by atoms with van der Waals surface area (Å²) < 4.78 is 20.1. The van der Waals surface area contributed by atoms with E-state index in [1.54, 1.807) is 12.3 Å². The normalized spacial score (nSPS) is 26.7. The number of thiophene rings is 1. The van der Waals surface area contributed by atoms with E-state index in [-0.39, 0.29) is 34.7 Å². The van der Waals surface area contributed by atoms with Crippen molar-refractivity contribution in [3.63, 3.8) is 0 Å². The van der Waals surface area contributed by atoms with Gasteiger partial charge in [0.05, 0.1) is 23.1 Å². The summed E-state index contributed by atoms with van der Waals surface area (Å²) in [6.07, 6.45) is 6.37. The molecule has 4 aliphatic carbocycles. The Morgan fingerprint density at radius 1 is 1.20 bits per heavy atom. The first-order chi connectivity index (χ1) is 16.9. The molecule has 0 saturated heterocycles. The minimum Gasteiger partial charge on any atom is -0.461 e. The summed E-state index contributed by atoms with van der Waals surface area (Å²) in [4.78, 5) is 40.0. The third-order valence-electron chi connectivity index (χ3n) is 7.92. The Kier molecular flexibility index (Phi) is 5.28. The molecule has 4 aliphatic rings. The van der Waals surface area contributed by atoms with Crippen molar-refractivity contribution in [2.45, 2.75) is 45.4 Å². The number of esters is 1. The minimum absolute atomic E-state index is 0.0356. The fourth-order valence-corrected chi connectivity index (χ4v) is 7.83. The number of nitrogens with zero attached hydrogens (tertiary/aromatic N) is 2. The summed E-state index contributed by atoms with van der Waals surface area (Å²) >= 11 is 1.20. The standard InChI is InChI=1S/C26H26FN3O4S/c1-2-34-24(32)21-19-13-35-22(20(19)23(31)30(29-21)18-5-3-4-17(27)9-18)28-25(33)26-10-14-6-15(11-26)8-16(7-14)12-26/h3-5,9,13-16H,2,6-8,10-12H2,1H3,(H,28,33). The molecule has 4 fully saturated rings. The van der Waals surface area contributed by atoms with Crippen molar-refractivity contribution in [2.24, 2.45) is 23.2 Å². The van der Waals surface area contributed by atoms with Crippen LogP contribution < -0.4 is 10.9 Å². The van der Waals surface area contributed by atoms with Crippen molar-refractivity contribution < 1.29 is 18.7 Å². The zero-order valence-electron chi connectivity index (χ0n) is 19.4. The summed E-state index contributed by atoms with van der Waals surface area (Å²) in [6.45, 7) is 1.82. The lowest BCUT2D eigenvalue weighted by molar-refractivity contribution is -0.140. The summed E-state index contributed by atoms with van der Waals surface area (Å²) in [5.74, 6) is 0.575. The van der Waals surface area contributed by atoms with Crippen molar-refractivity contribution in [3.8, 4) is 5.69 Å². The second kappa shape index (κ2) is 8.26. The molecule has 182 valence electrons. The molecule has 4 saturated carbocycles. The van der Waals surface area contributed by atoms with Crippen LogP contribution in [0.5, 0.6) is 0 Å². The lowest BCUT2D eigenvalue weighted by Crippen LogP contribution is -2.51. The van der Waals surface area contributed by atoms with Crippen molar-refractivity contribution >= 4 is 39.0 Å². The third-order valence-corrected chi connectivity index (χ3v) is 8.82. The number of amides is 1. The van der Waals surface area contributed by atoms with Gasteiger partial charge < -0.3 is 10.1 Å². The molecule has 7 rings (SSSR count). The SMILES string of the molecule is CCOC(=O)c1nn(-c2cccc(F)c2)c(=O)c2c(NC(=O)C34CC5CC(CC(C5)C3)C4)scc12. The monoisotopic (exact) mass is 495 g/mol. The molecule has 0 atom stereocenters. The molecule has 9 heteroatoms. The highest BCUT2D eigenvalue weighted by molar-refractivity contribution is 7.16. The van der Waals surface area contributed by atoms with E-state index in [2.05, 4.69) is 10.4 Å². The summed E-state index contributed by atoms with van der Waals surface area (Å²) in [5.41, 5.74) is -0.770. The molecule has 0 aliphatic heterocycles. The first-order valence-electron chi connectivity index (χ1n) is 12.2. The molecule has 0 spiro atoms. The number of fused-ring (bicyclic) bond motifs is 1. The van der Waals surface area contributed by atoms with Crippen LogP contribution in [0, 0.1) is 29.0 Å². The molecule has 2 heterocycles. The van der Waals surface area contributed by atoms with Gasteiger partial charge in [-0.3, -0.25) is 9.59 Å². The van der Waals surface area contributed by atoms with Crippen LogP contribution in [0.15, 0.2) is 34.4 Å². The number of nitrogens with one attached hydrogen (secondary N) is 1. The largest absolute Gasteiger partial charge is 0.461 e. The number of benzene rings is 1. The number of carbonyl (C=O) groups is 2. The van der Waals surface area contributed by atoms with Crippen LogP contribution >= 0.6 is 11.3 Å². The number of halogens is 1. The Morgan fingerprint density at radius 3 is 2.51 bits per heavy atom. The summed E-state index contributed by atoms with van der Waals surface area (Å²) in [7, 11) is 0. The van der Waals surface area contributed by atoms with E-state index in [9.17, 15) is 18.8 Å². The van der Waals surface area contributed by atoms with Crippen LogP contribution in [0.1, 0.15) is 55.9 Å². The predicted octanol–water partition coefficient (Wildman–Crippen LogP) is 4.92. The number of rotatable bonds is 5. The second-order valence-corrected chi connectivity index (χ2v) is 11.2. The van der Waals surface area contributed by atoms with Crippen LogP contribution in [-0.2, 0) is 9.53 Å². The van der Waals surface area contributed by atoms with Gasteiger partial charge >= 0.3 is 5.97 Å². The molecule has 7 nitrogen and oxygen atoms in total. The van der Waals surface area contributed by atoms with Crippen LogP contribution in [0.3, 0.4) is 0 Å². The number of aromatic nitrogens is 2. The van der Waals surface area contributed by atoms with E-state index in [1.165, 1.54) is 54.9 Å². The summed E-state index contributed by atoms with van der Waals surface area (Å²) in [5, 5.41) is 9.86. The molecule has 1 N–H and O–H groups in total. The van der Waals surface area contributed by atoms with Crippen molar-refractivity contribution in [3.05, 3.63) is 51.5 Å². The molecular weight excluding hydrogens is 469 g/mol. The highest BCUT2D eigenvalue weighted by Gasteiger charge is 2.54. The molecule has 35 heavy (non-hydrogen) atoms. The number of carbonyl (C=O) groups excluding carboxylic acids is 2. The zero-order valence-corrected chi connectivity index (χ0v) is 20.2. The molecule has 1 amide bonds. The van der Waals surface area contributed by atoms with E-state index in [0.717, 1.165) is 23.9 Å². The van der Waals surface area contributed by atoms with Crippen molar-refractivity contribution in [1.82, 2.24) is 9.78 Å². The first-order valence-corrected chi connectivity index (χ1v) is 13.0. The average Bonchev–Trinajstić information content (AvgIpc) is 3.22.